The van der Waals surface area contributed by atoms with Crippen LogP contribution in [-0.4, -0.2) is 46.4 Å². The summed E-state index contributed by atoms with van der Waals surface area (Å²) in [4.78, 5) is 13.1. The highest BCUT2D eigenvalue weighted by Gasteiger charge is 2.22. The lowest BCUT2D eigenvalue weighted by Gasteiger charge is -2.22. The lowest BCUT2D eigenvalue weighted by Crippen LogP contribution is -2.22. The Kier molecular flexibility index (Phi) is 5.34. The van der Waals surface area contributed by atoms with E-state index in [0.29, 0.717) is 35.5 Å². The van der Waals surface area contributed by atoms with Crippen LogP contribution in [0.2, 0.25) is 0 Å². The zero-order valence-electron chi connectivity index (χ0n) is 14.3. The molecule has 0 radical (unpaired) electrons. The standard InChI is InChI=1S/C16H25N5O3/c1-3-4-8-24-15-19-13(17)12-14(20-15)21(16(18-12)22-2)9-11-6-5-7-23-10-11/h11H,3-10H2,1-2H3,(H2,17,19,20). The van der Waals surface area contributed by atoms with Crippen LogP contribution in [0.5, 0.6) is 12.0 Å². The summed E-state index contributed by atoms with van der Waals surface area (Å²) in [6.45, 7) is 4.98. The highest BCUT2D eigenvalue weighted by Crippen LogP contribution is 2.28. The number of anilines is 1. The van der Waals surface area contributed by atoms with Crippen molar-refractivity contribution in [3.63, 3.8) is 0 Å². The highest BCUT2D eigenvalue weighted by atomic mass is 16.5. The Morgan fingerprint density at radius 2 is 2.21 bits per heavy atom. The molecule has 0 bridgehead atoms. The van der Waals surface area contributed by atoms with Crippen molar-refractivity contribution in [1.29, 1.82) is 0 Å². The van der Waals surface area contributed by atoms with Crippen LogP contribution >= 0.6 is 0 Å². The molecule has 1 fully saturated rings. The average molecular weight is 335 g/mol. The van der Waals surface area contributed by atoms with Gasteiger partial charge in [0.05, 0.1) is 20.3 Å². The molecule has 3 heterocycles. The van der Waals surface area contributed by atoms with Crippen molar-refractivity contribution < 1.29 is 14.2 Å². The minimum Gasteiger partial charge on any atom is -0.468 e. The molecule has 0 aromatic carbocycles. The fourth-order valence-corrected chi connectivity index (χ4v) is 2.88. The van der Waals surface area contributed by atoms with Crippen LogP contribution in [0.1, 0.15) is 32.6 Å². The molecule has 1 aliphatic heterocycles. The molecule has 1 unspecified atom stereocenters. The molecule has 3 rings (SSSR count). The highest BCUT2D eigenvalue weighted by molar-refractivity contribution is 5.83. The summed E-state index contributed by atoms with van der Waals surface area (Å²) in [5.74, 6) is 0.717. The van der Waals surface area contributed by atoms with E-state index < -0.39 is 0 Å². The fraction of sp³-hybridized carbons (Fsp3) is 0.688. The lowest BCUT2D eigenvalue weighted by molar-refractivity contribution is 0.0479. The first-order chi connectivity index (χ1) is 11.7. The monoisotopic (exact) mass is 335 g/mol. The number of fused-ring (bicyclic) bond motifs is 1. The number of hydrogen-bond acceptors (Lipinski definition) is 7. The Bertz CT molecular complexity index is 682. The van der Waals surface area contributed by atoms with Crippen molar-refractivity contribution in [2.24, 2.45) is 5.92 Å². The number of ether oxygens (including phenoxy) is 3. The van der Waals surface area contributed by atoms with Crippen LogP contribution in [0, 0.1) is 5.92 Å². The van der Waals surface area contributed by atoms with Crippen molar-refractivity contribution in [3.8, 4) is 12.0 Å². The van der Waals surface area contributed by atoms with Crippen molar-refractivity contribution in [3.05, 3.63) is 0 Å². The van der Waals surface area contributed by atoms with Crippen LogP contribution in [0.25, 0.3) is 11.2 Å². The average Bonchev–Trinajstić information content (AvgIpc) is 2.94. The number of aromatic nitrogens is 4. The van der Waals surface area contributed by atoms with E-state index >= 15 is 0 Å². The third-order valence-electron chi connectivity index (χ3n) is 4.17. The largest absolute Gasteiger partial charge is 0.468 e. The number of nitrogens with zero attached hydrogens (tertiary/aromatic N) is 4. The Morgan fingerprint density at radius 3 is 2.92 bits per heavy atom. The Hall–Kier alpha value is -2.09. The quantitative estimate of drug-likeness (QED) is 0.773. The van der Waals surface area contributed by atoms with Gasteiger partial charge in [-0.05, 0) is 19.3 Å². The van der Waals surface area contributed by atoms with Gasteiger partial charge in [-0.25, -0.2) is 0 Å². The second-order valence-corrected chi connectivity index (χ2v) is 6.06. The number of nitrogen functional groups attached to an aromatic ring is 1. The molecule has 0 saturated carbocycles. The van der Waals surface area contributed by atoms with E-state index in [4.69, 9.17) is 19.9 Å². The van der Waals surface area contributed by atoms with Crippen LogP contribution < -0.4 is 15.2 Å². The van der Waals surface area contributed by atoms with Gasteiger partial charge in [0.25, 0.3) is 6.01 Å². The first-order valence-corrected chi connectivity index (χ1v) is 8.51. The molecule has 24 heavy (non-hydrogen) atoms. The Morgan fingerprint density at radius 1 is 1.33 bits per heavy atom. The molecule has 132 valence electrons. The zero-order chi connectivity index (χ0) is 16.9. The predicted octanol–water partition coefficient (Wildman–Crippen LogP) is 2.02. The van der Waals surface area contributed by atoms with Gasteiger partial charge in [0.2, 0.25) is 0 Å². The van der Waals surface area contributed by atoms with E-state index in [0.717, 1.165) is 45.4 Å². The SMILES string of the molecule is CCCCOc1nc(N)c2nc(OC)n(CC3CCCOC3)c2n1. The van der Waals surface area contributed by atoms with Crippen LogP contribution in [0.3, 0.4) is 0 Å². The maximum atomic E-state index is 6.04. The molecule has 0 aliphatic carbocycles. The molecular formula is C16H25N5O3. The molecule has 1 atom stereocenters. The van der Waals surface area contributed by atoms with Crippen molar-refractivity contribution in [2.45, 2.75) is 39.2 Å². The van der Waals surface area contributed by atoms with Crippen molar-refractivity contribution in [1.82, 2.24) is 19.5 Å². The van der Waals surface area contributed by atoms with Crippen molar-refractivity contribution in [2.75, 3.05) is 32.7 Å². The third kappa shape index (κ3) is 3.53. The number of nitrogens with two attached hydrogens (primary N) is 1. The topological polar surface area (TPSA) is 97.3 Å². The number of imidazole rings is 1. The maximum absolute atomic E-state index is 6.04. The molecular weight excluding hydrogens is 310 g/mol. The van der Waals surface area contributed by atoms with E-state index in [-0.39, 0.29) is 6.01 Å². The molecule has 2 aromatic rings. The van der Waals surface area contributed by atoms with E-state index in [1.165, 1.54) is 0 Å². The van der Waals surface area contributed by atoms with E-state index in [2.05, 4.69) is 21.9 Å². The number of unbranched alkanes of at least 4 members (excludes halogenated alkanes) is 1. The number of rotatable bonds is 7. The van der Waals surface area contributed by atoms with Gasteiger partial charge < -0.3 is 19.9 Å². The summed E-state index contributed by atoms with van der Waals surface area (Å²) < 4.78 is 18.5. The Balaban J connectivity index is 1.92. The van der Waals surface area contributed by atoms with Gasteiger partial charge in [-0.1, -0.05) is 13.3 Å². The zero-order valence-corrected chi connectivity index (χ0v) is 14.3. The summed E-state index contributed by atoms with van der Waals surface area (Å²) in [5, 5.41) is 0. The first-order valence-electron chi connectivity index (χ1n) is 8.51. The number of methoxy groups -OCH3 is 1. The first kappa shape index (κ1) is 16.8. The van der Waals surface area contributed by atoms with Crippen LogP contribution in [0.4, 0.5) is 5.82 Å². The van der Waals surface area contributed by atoms with Gasteiger partial charge >= 0.3 is 6.01 Å². The summed E-state index contributed by atoms with van der Waals surface area (Å²) >= 11 is 0. The van der Waals surface area contributed by atoms with Gasteiger partial charge in [-0.2, -0.15) is 15.0 Å². The van der Waals surface area contributed by atoms with Crippen LogP contribution in [0.15, 0.2) is 0 Å². The van der Waals surface area contributed by atoms with E-state index in [1.807, 2.05) is 4.57 Å². The van der Waals surface area contributed by atoms with Gasteiger partial charge in [0, 0.05) is 19.1 Å². The van der Waals surface area contributed by atoms with Gasteiger partial charge in [0.1, 0.15) is 0 Å². The second-order valence-electron chi connectivity index (χ2n) is 6.06. The molecule has 8 heteroatoms. The smallest absolute Gasteiger partial charge is 0.320 e. The minimum absolute atomic E-state index is 0.289. The molecule has 0 spiro atoms. The Labute approximate surface area is 141 Å². The van der Waals surface area contributed by atoms with Crippen LogP contribution in [-0.2, 0) is 11.3 Å². The van der Waals surface area contributed by atoms with E-state index in [1.54, 1.807) is 7.11 Å². The van der Waals surface area contributed by atoms with Gasteiger partial charge in [-0.15, -0.1) is 0 Å². The predicted molar refractivity (Wildman–Crippen MR) is 90.2 cm³/mol. The summed E-state index contributed by atoms with van der Waals surface area (Å²) in [6.07, 6.45) is 4.18. The molecule has 1 saturated heterocycles. The molecule has 2 aromatic heterocycles. The minimum atomic E-state index is 0.289. The summed E-state index contributed by atoms with van der Waals surface area (Å²) in [6, 6.07) is 0.777. The fourth-order valence-electron chi connectivity index (χ4n) is 2.88. The summed E-state index contributed by atoms with van der Waals surface area (Å²) in [7, 11) is 1.59. The summed E-state index contributed by atoms with van der Waals surface area (Å²) in [5.41, 5.74) is 7.24. The van der Waals surface area contributed by atoms with Gasteiger partial charge in [-0.3, -0.25) is 4.57 Å². The molecule has 2 N–H and O–H groups in total. The normalized spacial score (nSPS) is 18.0. The molecule has 8 nitrogen and oxygen atoms in total. The molecule has 0 amide bonds. The second kappa shape index (κ2) is 7.65. The molecule has 1 aliphatic rings. The number of hydrogen-bond donors (Lipinski definition) is 1. The lowest BCUT2D eigenvalue weighted by atomic mass is 10.0. The maximum Gasteiger partial charge on any atom is 0.320 e. The third-order valence-corrected chi connectivity index (χ3v) is 4.17. The van der Waals surface area contributed by atoms with Gasteiger partial charge in [0.15, 0.2) is 17.0 Å². The van der Waals surface area contributed by atoms with E-state index in [9.17, 15) is 0 Å². The van der Waals surface area contributed by atoms with Crippen molar-refractivity contribution >= 4 is 17.0 Å².